The van der Waals surface area contributed by atoms with Crippen LogP contribution < -0.4 is 10.3 Å². The van der Waals surface area contributed by atoms with Gasteiger partial charge in [-0.1, -0.05) is 12.1 Å². The molecule has 1 saturated heterocycles. The molecule has 1 aliphatic rings. The predicted octanol–water partition coefficient (Wildman–Crippen LogP) is 2.01. The third-order valence-corrected chi connectivity index (χ3v) is 6.51. The van der Waals surface area contributed by atoms with Gasteiger partial charge in [0.05, 0.1) is 31.9 Å². The average Bonchev–Trinajstić information content (AvgIpc) is 2.86. The Balaban J connectivity index is 1.73. The summed E-state index contributed by atoms with van der Waals surface area (Å²) in [6.45, 7) is 6.01. The van der Waals surface area contributed by atoms with Crippen LogP contribution in [0.4, 0.5) is 0 Å². The average molecular weight is 465 g/mol. The molecule has 1 unspecified atom stereocenters. The summed E-state index contributed by atoms with van der Waals surface area (Å²) in [7, 11) is 1.62. The third kappa shape index (κ3) is 5.14. The van der Waals surface area contributed by atoms with Crippen LogP contribution in [-0.2, 0) is 6.54 Å². The number of aryl methyl sites for hydroxylation is 1. The zero-order valence-corrected chi connectivity index (χ0v) is 19.7. The van der Waals surface area contributed by atoms with Crippen LogP contribution in [0.1, 0.15) is 28.4 Å². The maximum atomic E-state index is 13.9. The number of hydrogen-bond donors (Lipinski definition) is 2. The van der Waals surface area contributed by atoms with Crippen molar-refractivity contribution in [3.05, 3.63) is 87.6 Å². The number of aromatic hydroxyl groups is 1. The summed E-state index contributed by atoms with van der Waals surface area (Å²) in [6, 6.07) is 12.7. The minimum atomic E-state index is -0.394. The maximum absolute atomic E-state index is 13.9. The fourth-order valence-electron chi connectivity index (χ4n) is 4.63. The number of nitrogens with zero attached hydrogens (tertiary/aromatic N) is 4. The number of benzene rings is 1. The van der Waals surface area contributed by atoms with E-state index in [4.69, 9.17) is 4.74 Å². The molecule has 180 valence electrons. The lowest BCUT2D eigenvalue weighted by Crippen LogP contribution is -2.49. The van der Waals surface area contributed by atoms with Gasteiger partial charge < -0.3 is 19.5 Å². The minimum Gasteiger partial charge on any atom is -0.507 e. The van der Waals surface area contributed by atoms with Gasteiger partial charge in [0.1, 0.15) is 11.5 Å². The molecule has 2 aromatic heterocycles. The summed E-state index contributed by atoms with van der Waals surface area (Å²) in [4.78, 5) is 22.4. The lowest BCUT2D eigenvalue weighted by molar-refractivity contribution is 0.0932. The number of hydrogen-bond acceptors (Lipinski definition) is 7. The van der Waals surface area contributed by atoms with Crippen LogP contribution >= 0.6 is 0 Å². The summed E-state index contributed by atoms with van der Waals surface area (Å²) in [5.41, 5.74) is 2.76. The van der Waals surface area contributed by atoms with E-state index in [0.29, 0.717) is 24.3 Å². The molecule has 0 saturated carbocycles. The second-order valence-electron chi connectivity index (χ2n) is 8.61. The predicted molar refractivity (Wildman–Crippen MR) is 130 cm³/mol. The summed E-state index contributed by atoms with van der Waals surface area (Å²) in [5.74, 6) is 0.769. The van der Waals surface area contributed by atoms with Crippen LogP contribution in [0.5, 0.6) is 11.5 Å². The van der Waals surface area contributed by atoms with Gasteiger partial charge in [-0.05, 0) is 48.4 Å². The van der Waals surface area contributed by atoms with Crippen LogP contribution in [0.15, 0.2) is 59.7 Å². The largest absolute Gasteiger partial charge is 0.507 e. The monoisotopic (exact) mass is 464 g/mol. The van der Waals surface area contributed by atoms with Crippen LogP contribution in [-0.4, -0.2) is 76.0 Å². The fraction of sp³-hybridized carbons (Fsp3) is 0.385. The smallest absolute Gasteiger partial charge is 0.259 e. The van der Waals surface area contributed by atoms with Crippen molar-refractivity contribution >= 4 is 0 Å². The molecule has 0 amide bonds. The van der Waals surface area contributed by atoms with Crippen molar-refractivity contribution < 1.29 is 14.9 Å². The van der Waals surface area contributed by atoms with Crippen molar-refractivity contribution in [2.24, 2.45) is 0 Å². The van der Waals surface area contributed by atoms with Gasteiger partial charge in [-0.25, -0.2) is 0 Å². The first kappa shape index (κ1) is 23.9. The summed E-state index contributed by atoms with van der Waals surface area (Å²) < 4.78 is 6.96. The second-order valence-corrected chi connectivity index (χ2v) is 8.61. The molecule has 1 aliphatic heterocycles. The number of aliphatic hydroxyl groups excluding tert-OH is 1. The number of methoxy groups -OCH3 is 1. The number of aromatic nitrogens is 2. The standard InChI is InChI=1S/C26H32N4O4/c1-19-17-23(32)24(26(33)30(19)18-20-3-5-22(34-2)6-4-20)25(21-7-9-27-10-8-21)29-13-11-28(12-14-29)15-16-31/h3-10,17,25,31-32H,11-16,18H2,1-2H3. The molecular weight excluding hydrogens is 432 g/mol. The maximum Gasteiger partial charge on any atom is 0.259 e. The number of rotatable bonds is 8. The molecule has 8 nitrogen and oxygen atoms in total. The van der Waals surface area contributed by atoms with Gasteiger partial charge in [0.25, 0.3) is 5.56 Å². The third-order valence-electron chi connectivity index (χ3n) is 6.51. The molecule has 0 radical (unpaired) electrons. The molecule has 8 heteroatoms. The van der Waals surface area contributed by atoms with E-state index < -0.39 is 6.04 Å². The van der Waals surface area contributed by atoms with Crippen molar-refractivity contribution in [2.45, 2.75) is 19.5 Å². The number of β-amino-alcohol motifs (C(OH)–C–C–N with tert-alkyl or cyclic N) is 1. The molecular formula is C26H32N4O4. The van der Waals surface area contributed by atoms with E-state index in [1.54, 1.807) is 30.1 Å². The van der Waals surface area contributed by atoms with E-state index in [0.717, 1.165) is 43.1 Å². The summed E-state index contributed by atoms with van der Waals surface area (Å²) in [5, 5.41) is 20.3. The Labute approximate surface area is 199 Å². The van der Waals surface area contributed by atoms with Crippen LogP contribution in [0.2, 0.25) is 0 Å². The number of aliphatic hydroxyl groups is 1. The number of pyridine rings is 2. The lowest BCUT2D eigenvalue weighted by Gasteiger charge is -2.39. The molecule has 4 rings (SSSR count). The first-order valence-corrected chi connectivity index (χ1v) is 11.5. The quantitative estimate of drug-likeness (QED) is 0.527. The van der Waals surface area contributed by atoms with Gasteiger partial charge in [-0.15, -0.1) is 0 Å². The van der Waals surface area contributed by atoms with E-state index in [9.17, 15) is 15.0 Å². The Morgan fingerprint density at radius 3 is 2.35 bits per heavy atom. The molecule has 1 atom stereocenters. The van der Waals surface area contributed by atoms with Crippen molar-refractivity contribution in [1.82, 2.24) is 19.4 Å². The van der Waals surface area contributed by atoms with Crippen molar-refractivity contribution in [2.75, 3.05) is 46.4 Å². The minimum absolute atomic E-state index is 0.00748. The molecule has 1 aromatic carbocycles. The first-order chi connectivity index (χ1) is 16.5. The molecule has 0 spiro atoms. The highest BCUT2D eigenvalue weighted by molar-refractivity contribution is 5.41. The Kier molecular flexibility index (Phi) is 7.62. The van der Waals surface area contributed by atoms with E-state index in [-0.39, 0.29) is 17.9 Å². The van der Waals surface area contributed by atoms with Gasteiger partial charge in [0, 0.05) is 50.8 Å². The SMILES string of the molecule is COc1ccc(Cn2c(C)cc(O)c(C(c3ccncc3)N3CCN(CCO)CC3)c2=O)cc1. The first-order valence-electron chi connectivity index (χ1n) is 11.5. The van der Waals surface area contributed by atoms with Crippen molar-refractivity contribution in [1.29, 1.82) is 0 Å². The zero-order chi connectivity index (χ0) is 24.1. The van der Waals surface area contributed by atoms with Crippen LogP contribution in [0.25, 0.3) is 0 Å². The number of ether oxygens (including phenoxy) is 1. The van der Waals surface area contributed by atoms with Gasteiger partial charge in [0.15, 0.2) is 0 Å². The second kappa shape index (κ2) is 10.8. The highest BCUT2D eigenvalue weighted by Gasteiger charge is 2.31. The Bertz CT molecular complexity index is 1140. The van der Waals surface area contributed by atoms with Gasteiger partial charge in [-0.3, -0.25) is 19.6 Å². The molecule has 0 aliphatic carbocycles. The van der Waals surface area contributed by atoms with Crippen LogP contribution in [0, 0.1) is 6.92 Å². The molecule has 0 bridgehead atoms. The van der Waals surface area contributed by atoms with Gasteiger partial charge in [0.2, 0.25) is 0 Å². The molecule has 1 fully saturated rings. The topological polar surface area (TPSA) is 91.1 Å². The fourth-order valence-corrected chi connectivity index (χ4v) is 4.63. The van der Waals surface area contributed by atoms with Gasteiger partial charge in [-0.2, -0.15) is 0 Å². The normalized spacial score (nSPS) is 15.9. The molecule has 3 heterocycles. The Morgan fingerprint density at radius 2 is 1.74 bits per heavy atom. The molecule has 3 aromatic rings. The summed E-state index contributed by atoms with van der Waals surface area (Å²) >= 11 is 0. The van der Waals surface area contributed by atoms with E-state index in [1.807, 2.05) is 43.3 Å². The highest BCUT2D eigenvalue weighted by atomic mass is 16.5. The van der Waals surface area contributed by atoms with Gasteiger partial charge >= 0.3 is 0 Å². The Morgan fingerprint density at radius 1 is 1.06 bits per heavy atom. The van der Waals surface area contributed by atoms with E-state index in [1.165, 1.54) is 0 Å². The molecule has 2 N–H and O–H groups in total. The Hall–Kier alpha value is -3.20. The van der Waals surface area contributed by atoms with Crippen LogP contribution in [0.3, 0.4) is 0 Å². The van der Waals surface area contributed by atoms with E-state index in [2.05, 4.69) is 14.8 Å². The summed E-state index contributed by atoms with van der Waals surface area (Å²) in [6.07, 6.45) is 3.43. The van der Waals surface area contributed by atoms with E-state index >= 15 is 0 Å². The molecule has 34 heavy (non-hydrogen) atoms. The lowest BCUT2D eigenvalue weighted by atomic mass is 9.96. The number of piperazine rings is 1. The highest BCUT2D eigenvalue weighted by Crippen LogP contribution is 2.33. The van der Waals surface area contributed by atoms with Crippen molar-refractivity contribution in [3.8, 4) is 11.5 Å². The zero-order valence-electron chi connectivity index (χ0n) is 19.7. The van der Waals surface area contributed by atoms with Crippen molar-refractivity contribution in [3.63, 3.8) is 0 Å².